The molecule has 0 radical (unpaired) electrons. The molecule has 2 atom stereocenters. The molecule has 0 heterocycles. The predicted molar refractivity (Wildman–Crippen MR) is 80.0 cm³/mol. The molecule has 1 nitrogen and oxygen atoms in total. The lowest BCUT2D eigenvalue weighted by Crippen LogP contribution is -2.26. The largest absolute Gasteiger partial charge is 0.310 e. The Kier molecular flexibility index (Phi) is 6.08. The molecule has 0 saturated carbocycles. The van der Waals surface area contributed by atoms with Gasteiger partial charge in [0.15, 0.2) is 0 Å². The SMILES string of the molecule is CCNC(c1ccc(I)c(Cl)c1)C(C)CC. The molecule has 0 fully saturated rings. The molecule has 2 unspecified atom stereocenters. The third kappa shape index (κ3) is 3.60. The van der Waals surface area contributed by atoms with Crippen molar-refractivity contribution in [2.75, 3.05) is 6.54 Å². The van der Waals surface area contributed by atoms with Crippen LogP contribution in [0.3, 0.4) is 0 Å². The fourth-order valence-electron chi connectivity index (χ4n) is 1.81. The maximum Gasteiger partial charge on any atom is 0.0542 e. The minimum absolute atomic E-state index is 0.407. The molecule has 0 aliphatic rings. The Hall–Kier alpha value is 0.200. The standard InChI is InChI=1S/C13H19ClIN/c1-4-9(3)13(16-5-2)10-6-7-12(15)11(14)8-10/h6-9,13,16H,4-5H2,1-3H3. The van der Waals surface area contributed by atoms with Gasteiger partial charge < -0.3 is 5.32 Å². The summed E-state index contributed by atoms with van der Waals surface area (Å²) in [4.78, 5) is 0. The van der Waals surface area contributed by atoms with Crippen LogP contribution in [0.5, 0.6) is 0 Å². The molecular weight excluding hydrogens is 333 g/mol. The second-order valence-corrected chi connectivity index (χ2v) is 5.66. The number of rotatable bonds is 5. The molecule has 90 valence electrons. The monoisotopic (exact) mass is 351 g/mol. The molecule has 1 aromatic rings. The summed E-state index contributed by atoms with van der Waals surface area (Å²) in [5.41, 5.74) is 1.29. The van der Waals surface area contributed by atoms with Crippen LogP contribution in [0.2, 0.25) is 5.02 Å². The van der Waals surface area contributed by atoms with E-state index >= 15 is 0 Å². The minimum Gasteiger partial charge on any atom is -0.310 e. The van der Waals surface area contributed by atoms with E-state index in [1.807, 2.05) is 0 Å². The lowest BCUT2D eigenvalue weighted by Gasteiger charge is -2.24. The highest BCUT2D eigenvalue weighted by atomic mass is 127. The first-order chi connectivity index (χ1) is 7.60. The summed E-state index contributed by atoms with van der Waals surface area (Å²) in [5.74, 6) is 0.621. The Bertz CT molecular complexity index is 341. The maximum absolute atomic E-state index is 6.17. The second kappa shape index (κ2) is 6.82. The number of hydrogen-bond donors (Lipinski definition) is 1. The summed E-state index contributed by atoms with van der Waals surface area (Å²) in [5, 5.41) is 4.39. The van der Waals surface area contributed by atoms with Crippen molar-refractivity contribution in [3.05, 3.63) is 32.4 Å². The van der Waals surface area contributed by atoms with Gasteiger partial charge in [-0.05, 0) is 52.7 Å². The predicted octanol–water partition coefficient (Wildman–Crippen LogP) is 4.64. The Morgan fingerprint density at radius 1 is 1.38 bits per heavy atom. The molecule has 16 heavy (non-hydrogen) atoms. The molecule has 1 rings (SSSR count). The van der Waals surface area contributed by atoms with Gasteiger partial charge in [0, 0.05) is 9.61 Å². The van der Waals surface area contributed by atoms with Crippen molar-refractivity contribution in [3.63, 3.8) is 0 Å². The van der Waals surface area contributed by atoms with Crippen molar-refractivity contribution in [1.82, 2.24) is 5.32 Å². The minimum atomic E-state index is 0.407. The average Bonchev–Trinajstić information content (AvgIpc) is 2.29. The van der Waals surface area contributed by atoms with Crippen molar-refractivity contribution in [1.29, 1.82) is 0 Å². The fraction of sp³-hybridized carbons (Fsp3) is 0.538. The molecule has 0 spiro atoms. The van der Waals surface area contributed by atoms with Gasteiger partial charge in [-0.25, -0.2) is 0 Å². The van der Waals surface area contributed by atoms with E-state index in [-0.39, 0.29) is 0 Å². The Morgan fingerprint density at radius 2 is 2.06 bits per heavy atom. The van der Waals surface area contributed by atoms with Crippen molar-refractivity contribution >= 4 is 34.2 Å². The number of hydrogen-bond acceptors (Lipinski definition) is 1. The van der Waals surface area contributed by atoms with Gasteiger partial charge in [-0.3, -0.25) is 0 Å². The van der Waals surface area contributed by atoms with E-state index < -0.39 is 0 Å². The molecule has 0 aromatic heterocycles. The van der Waals surface area contributed by atoms with Gasteiger partial charge >= 0.3 is 0 Å². The first-order valence-electron chi connectivity index (χ1n) is 5.78. The Balaban J connectivity index is 2.96. The number of benzene rings is 1. The molecule has 0 aliphatic heterocycles. The molecule has 0 amide bonds. The summed E-state index contributed by atoms with van der Waals surface area (Å²) in [6.07, 6.45) is 1.17. The third-order valence-corrected chi connectivity index (χ3v) is 4.51. The highest BCUT2D eigenvalue weighted by Crippen LogP contribution is 2.28. The van der Waals surface area contributed by atoms with Gasteiger partial charge in [0.1, 0.15) is 0 Å². The van der Waals surface area contributed by atoms with Gasteiger partial charge in [0.2, 0.25) is 0 Å². The first-order valence-corrected chi connectivity index (χ1v) is 7.24. The van der Waals surface area contributed by atoms with Gasteiger partial charge in [-0.2, -0.15) is 0 Å². The molecule has 0 bridgehead atoms. The summed E-state index contributed by atoms with van der Waals surface area (Å²) < 4.78 is 1.11. The van der Waals surface area contributed by atoms with E-state index in [4.69, 9.17) is 11.6 Å². The van der Waals surface area contributed by atoms with E-state index in [9.17, 15) is 0 Å². The van der Waals surface area contributed by atoms with Crippen LogP contribution in [-0.2, 0) is 0 Å². The Morgan fingerprint density at radius 3 is 2.56 bits per heavy atom. The quantitative estimate of drug-likeness (QED) is 0.762. The van der Waals surface area contributed by atoms with Crippen molar-refractivity contribution in [3.8, 4) is 0 Å². The zero-order valence-corrected chi connectivity index (χ0v) is 13.0. The van der Waals surface area contributed by atoms with Crippen molar-refractivity contribution in [2.45, 2.75) is 33.2 Å². The molecule has 1 N–H and O–H groups in total. The van der Waals surface area contributed by atoms with E-state index in [1.165, 1.54) is 12.0 Å². The summed E-state index contributed by atoms with van der Waals surface area (Å²) in [6.45, 7) is 7.63. The van der Waals surface area contributed by atoms with Crippen LogP contribution in [-0.4, -0.2) is 6.54 Å². The van der Waals surface area contributed by atoms with E-state index in [0.717, 1.165) is 15.1 Å². The van der Waals surface area contributed by atoms with Crippen LogP contribution in [0, 0.1) is 9.49 Å². The van der Waals surface area contributed by atoms with Crippen LogP contribution in [0.1, 0.15) is 38.8 Å². The zero-order valence-electron chi connectivity index (χ0n) is 10.1. The molecule has 0 saturated heterocycles. The lowest BCUT2D eigenvalue weighted by molar-refractivity contribution is 0.384. The van der Waals surface area contributed by atoms with Crippen molar-refractivity contribution < 1.29 is 0 Å². The molecular formula is C13H19ClIN. The van der Waals surface area contributed by atoms with Gasteiger partial charge in [0.05, 0.1) is 5.02 Å². The van der Waals surface area contributed by atoms with Crippen LogP contribution in [0.4, 0.5) is 0 Å². The molecule has 0 aliphatic carbocycles. The zero-order chi connectivity index (χ0) is 12.1. The smallest absolute Gasteiger partial charge is 0.0542 e. The van der Waals surface area contributed by atoms with Crippen LogP contribution >= 0.6 is 34.2 Å². The van der Waals surface area contributed by atoms with E-state index in [0.29, 0.717) is 12.0 Å². The van der Waals surface area contributed by atoms with E-state index in [1.54, 1.807) is 0 Å². The van der Waals surface area contributed by atoms with Gasteiger partial charge in [0.25, 0.3) is 0 Å². The molecule has 3 heteroatoms. The van der Waals surface area contributed by atoms with Gasteiger partial charge in [-0.15, -0.1) is 0 Å². The second-order valence-electron chi connectivity index (χ2n) is 4.09. The third-order valence-electron chi connectivity index (χ3n) is 2.94. The highest BCUT2D eigenvalue weighted by Gasteiger charge is 2.17. The fourth-order valence-corrected chi connectivity index (χ4v) is 2.33. The van der Waals surface area contributed by atoms with Crippen LogP contribution in [0.15, 0.2) is 18.2 Å². The lowest BCUT2D eigenvalue weighted by atomic mass is 9.92. The topological polar surface area (TPSA) is 12.0 Å². The first kappa shape index (κ1) is 14.3. The normalized spacial score (nSPS) is 14.8. The molecule has 1 aromatic carbocycles. The summed E-state index contributed by atoms with van der Waals surface area (Å²) in [7, 11) is 0. The van der Waals surface area contributed by atoms with E-state index in [2.05, 4.69) is 66.9 Å². The number of nitrogens with one attached hydrogen (secondary N) is 1. The Labute approximate surface area is 117 Å². The summed E-state index contributed by atoms with van der Waals surface area (Å²) >= 11 is 8.43. The van der Waals surface area contributed by atoms with Gasteiger partial charge in [-0.1, -0.05) is 44.9 Å². The highest BCUT2D eigenvalue weighted by molar-refractivity contribution is 14.1. The van der Waals surface area contributed by atoms with Crippen LogP contribution in [0.25, 0.3) is 0 Å². The van der Waals surface area contributed by atoms with Crippen LogP contribution < -0.4 is 5.32 Å². The van der Waals surface area contributed by atoms with Crippen molar-refractivity contribution in [2.24, 2.45) is 5.92 Å². The summed E-state index contributed by atoms with van der Waals surface area (Å²) in [6, 6.07) is 6.76. The average molecular weight is 352 g/mol. The number of halogens is 2. The maximum atomic E-state index is 6.17.